The largest absolute Gasteiger partial charge is 0.480 e. The Labute approximate surface area is 87.0 Å². The molecule has 0 radical (unpaired) electrons. The highest BCUT2D eigenvalue weighted by atomic mass is 16.4. The van der Waals surface area contributed by atoms with Crippen molar-refractivity contribution >= 4 is 11.9 Å². The van der Waals surface area contributed by atoms with Crippen LogP contribution in [-0.4, -0.2) is 47.8 Å². The first-order valence-electron chi connectivity index (χ1n) is 4.60. The normalized spacial score (nSPS) is 16.5. The number of carbonyl (C=O) groups excluding carboxylic acids is 1. The SMILES string of the molecule is CC(C(=O)N[C@H](CO)C(=O)O)=C1CNC1. The molecular formula is C9H14N2O4. The van der Waals surface area contributed by atoms with E-state index in [1.165, 1.54) is 0 Å². The quantitative estimate of drug-likeness (QED) is 0.425. The van der Waals surface area contributed by atoms with Gasteiger partial charge in [0.15, 0.2) is 6.04 Å². The molecule has 1 heterocycles. The number of carboxylic acids is 1. The molecule has 6 nitrogen and oxygen atoms in total. The Hall–Kier alpha value is -1.40. The van der Waals surface area contributed by atoms with Gasteiger partial charge in [-0.25, -0.2) is 4.79 Å². The van der Waals surface area contributed by atoms with E-state index in [2.05, 4.69) is 10.6 Å². The fourth-order valence-corrected chi connectivity index (χ4v) is 1.13. The first-order valence-corrected chi connectivity index (χ1v) is 4.60. The lowest BCUT2D eigenvalue weighted by Gasteiger charge is -2.22. The molecule has 0 saturated carbocycles. The van der Waals surface area contributed by atoms with Gasteiger partial charge in [0.2, 0.25) is 5.91 Å². The number of nitrogens with one attached hydrogen (secondary N) is 2. The summed E-state index contributed by atoms with van der Waals surface area (Å²) in [5, 5.41) is 22.5. The maximum absolute atomic E-state index is 11.5. The van der Waals surface area contributed by atoms with Crippen LogP contribution in [0.4, 0.5) is 0 Å². The second kappa shape index (κ2) is 4.90. The Balaban J connectivity index is 2.58. The maximum Gasteiger partial charge on any atom is 0.328 e. The van der Waals surface area contributed by atoms with Crippen molar-refractivity contribution in [2.24, 2.45) is 0 Å². The summed E-state index contributed by atoms with van der Waals surface area (Å²) >= 11 is 0. The van der Waals surface area contributed by atoms with E-state index in [1.807, 2.05) is 0 Å². The molecule has 1 aliphatic heterocycles. The fraction of sp³-hybridized carbons (Fsp3) is 0.556. The molecule has 4 N–H and O–H groups in total. The fourth-order valence-electron chi connectivity index (χ4n) is 1.13. The number of hydrogen-bond acceptors (Lipinski definition) is 4. The van der Waals surface area contributed by atoms with Crippen molar-refractivity contribution < 1.29 is 19.8 Å². The molecule has 15 heavy (non-hydrogen) atoms. The highest BCUT2D eigenvalue weighted by molar-refractivity contribution is 5.96. The molecule has 0 aromatic carbocycles. The average molecular weight is 214 g/mol. The summed E-state index contributed by atoms with van der Waals surface area (Å²) in [5.41, 5.74) is 1.49. The van der Waals surface area contributed by atoms with Crippen LogP contribution in [0.3, 0.4) is 0 Å². The minimum absolute atomic E-state index is 0.437. The molecule has 1 rings (SSSR count). The van der Waals surface area contributed by atoms with Crippen LogP contribution in [0.2, 0.25) is 0 Å². The first-order chi connectivity index (χ1) is 7.06. The maximum atomic E-state index is 11.5. The van der Waals surface area contributed by atoms with Crippen molar-refractivity contribution in [1.82, 2.24) is 10.6 Å². The van der Waals surface area contributed by atoms with E-state index in [9.17, 15) is 9.59 Å². The van der Waals surface area contributed by atoms with Gasteiger partial charge in [-0.05, 0) is 12.5 Å². The lowest BCUT2D eigenvalue weighted by Crippen LogP contribution is -2.45. The molecule has 1 aliphatic rings. The number of aliphatic carboxylic acids is 1. The molecule has 1 amide bonds. The first kappa shape index (κ1) is 11.7. The molecule has 1 saturated heterocycles. The van der Waals surface area contributed by atoms with E-state index in [1.54, 1.807) is 6.92 Å². The van der Waals surface area contributed by atoms with Crippen molar-refractivity contribution in [2.75, 3.05) is 19.7 Å². The molecule has 0 unspecified atom stereocenters. The van der Waals surface area contributed by atoms with Crippen LogP contribution in [0.15, 0.2) is 11.1 Å². The minimum atomic E-state index is -1.24. The second-order valence-corrected chi connectivity index (χ2v) is 3.38. The topological polar surface area (TPSA) is 98.7 Å². The smallest absolute Gasteiger partial charge is 0.328 e. The summed E-state index contributed by atoms with van der Waals surface area (Å²) in [4.78, 5) is 22.0. The third kappa shape index (κ3) is 2.77. The van der Waals surface area contributed by atoms with Gasteiger partial charge in [0.05, 0.1) is 6.61 Å². The molecule has 0 spiro atoms. The highest BCUT2D eigenvalue weighted by Gasteiger charge is 2.22. The van der Waals surface area contributed by atoms with Crippen LogP contribution in [0.1, 0.15) is 6.92 Å². The Morgan fingerprint density at radius 1 is 1.53 bits per heavy atom. The highest BCUT2D eigenvalue weighted by Crippen LogP contribution is 2.08. The van der Waals surface area contributed by atoms with Crippen LogP contribution in [0.25, 0.3) is 0 Å². The Kier molecular flexibility index (Phi) is 3.81. The van der Waals surface area contributed by atoms with Gasteiger partial charge in [-0.2, -0.15) is 0 Å². The van der Waals surface area contributed by atoms with Gasteiger partial charge in [0.1, 0.15) is 0 Å². The number of rotatable bonds is 4. The van der Waals surface area contributed by atoms with Gasteiger partial charge >= 0.3 is 5.97 Å². The monoisotopic (exact) mass is 214 g/mol. The lowest BCUT2D eigenvalue weighted by molar-refractivity contribution is -0.142. The number of carbonyl (C=O) groups is 2. The van der Waals surface area contributed by atoms with Gasteiger partial charge in [-0.15, -0.1) is 0 Å². The number of amides is 1. The van der Waals surface area contributed by atoms with Crippen LogP contribution >= 0.6 is 0 Å². The Bertz CT molecular complexity index is 305. The van der Waals surface area contributed by atoms with Crippen LogP contribution in [0, 0.1) is 0 Å². The van der Waals surface area contributed by atoms with E-state index in [4.69, 9.17) is 10.2 Å². The molecule has 1 fully saturated rings. The zero-order valence-corrected chi connectivity index (χ0v) is 8.41. The van der Waals surface area contributed by atoms with Crippen molar-refractivity contribution in [2.45, 2.75) is 13.0 Å². The summed E-state index contributed by atoms with van der Waals surface area (Å²) in [7, 11) is 0. The van der Waals surface area contributed by atoms with E-state index < -0.39 is 24.5 Å². The summed E-state index contributed by atoms with van der Waals surface area (Å²) < 4.78 is 0. The summed E-state index contributed by atoms with van der Waals surface area (Å²) in [6, 6.07) is -1.24. The summed E-state index contributed by atoms with van der Waals surface area (Å²) in [6.45, 7) is 2.36. The van der Waals surface area contributed by atoms with Crippen molar-refractivity contribution in [3.63, 3.8) is 0 Å². The second-order valence-electron chi connectivity index (χ2n) is 3.38. The molecule has 84 valence electrons. The number of aliphatic hydroxyl groups excluding tert-OH is 1. The predicted molar refractivity (Wildman–Crippen MR) is 52.2 cm³/mol. The molecule has 0 aromatic rings. The molecule has 1 atom stereocenters. The summed E-state index contributed by atoms with van der Waals surface area (Å²) in [5.74, 6) is -1.68. The van der Waals surface area contributed by atoms with Gasteiger partial charge < -0.3 is 20.8 Å². The molecule has 0 bridgehead atoms. The van der Waals surface area contributed by atoms with E-state index in [0.29, 0.717) is 18.7 Å². The van der Waals surface area contributed by atoms with Crippen LogP contribution in [0.5, 0.6) is 0 Å². The standard InChI is InChI=1S/C9H14N2O4/c1-5(6-2-10-3-6)8(13)11-7(4-12)9(14)15/h7,10,12H,2-4H2,1H3,(H,11,13)(H,14,15)/t7-/m1/s1. The van der Waals surface area contributed by atoms with E-state index >= 15 is 0 Å². The van der Waals surface area contributed by atoms with Crippen LogP contribution in [-0.2, 0) is 9.59 Å². The molecule has 0 aromatic heterocycles. The molecule has 0 aliphatic carbocycles. The Morgan fingerprint density at radius 3 is 2.47 bits per heavy atom. The predicted octanol–water partition coefficient (Wildman–Crippen LogP) is -1.53. The van der Waals surface area contributed by atoms with Crippen LogP contribution < -0.4 is 10.6 Å². The van der Waals surface area contributed by atoms with Gasteiger partial charge in [0.25, 0.3) is 0 Å². The zero-order chi connectivity index (χ0) is 11.4. The lowest BCUT2D eigenvalue weighted by atomic mass is 10.0. The van der Waals surface area contributed by atoms with Crippen molar-refractivity contribution in [3.8, 4) is 0 Å². The number of hydrogen-bond donors (Lipinski definition) is 4. The third-order valence-electron chi connectivity index (χ3n) is 2.33. The average Bonchev–Trinajstić information content (AvgIpc) is 2.10. The van der Waals surface area contributed by atoms with Gasteiger partial charge in [-0.3, -0.25) is 4.79 Å². The van der Waals surface area contributed by atoms with E-state index in [-0.39, 0.29) is 0 Å². The molecule has 6 heteroatoms. The van der Waals surface area contributed by atoms with Crippen molar-refractivity contribution in [3.05, 3.63) is 11.1 Å². The summed E-state index contributed by atoms with van der Waals surface area (Å²) in [6.07, 6.45) is 0. The van der Waals surface area contributed by atoms with Crippen molar-refractivity contribution in [1.29, 1.82) is 0 Å². The van der Waals surface area contributed by atoms with E-state index in [0.717, 1.165) is 5.57 Å². The molecular weight excluding hydrogens is 200 g/mol. The van der Waals surface area contributed by atoms with Gasteiger partial charge in [-0.1, -0.05) is 0 Å². The minimum Gasteiger partial charge on any atom is -0.480 e. The third-order valence-corrected chi connectivity index (χ3v) is 2.33. The number of carboxylic acid groups (broad SMARTS) is 1. The zero-order valence-electron chi connectivity index (χ0n) is 8.41. The Morgan fingerprint density at radius 2 is 2.13 bits per heavy atom. The van der Waals surface area contributed by atoms with Gasteiger partial charge in [0, 0.05) is 18.7 Å². The number of aliphatic hydroxyl groups is 1.